The van der Waals surface area contributed by atoms with E-state index in [4.69, 9.17) is 6.58 Å². The Morgan fingerprint density at radius 1 is 1.50 bits per heavy atom. The summed E-state index contributed by atoms with van der Waals surface area (Å²) in [5.41, 5.74) is 1.35. The van der Waals surface area contributed by atoms with E-state index >= 15 is 0 Å². The third-order valence-corrected chi connectivity index (χ3v) is 2.08. The average Bonchev–Trinajstić information content (AvgIpc) is 2.03. The molecule has 0 rings (SSSR count). The van der Waals surface area contributed by atoms with Crippen LogP contribution in [0.5, 0.6) is 0 Å². The molecule has 0 N–H and O–H groups in total. The molecule has 0 saturated heterocycles. The van der Waals surface area contributed by atoms with Crippen molar-refractivity contribution < 1.29 is 0 Å². The molecule has 0 fully saturated rings. The maximum absolute atomic E-state index is 5.52. The van der Waals surface area contributed by atoms with Crippen LogP contribution in [0.15, 0.2) is 30.4 Å². The summed E-state index contributed by atoms with van der Waals surface area (Å²) >= 11 is 0. The van der Waals surface area contributed by atoms with Crippen molar-refractivity contribution in [3.63, 3.8) is 0 Å². The molecule has 0 aromatic rings. The molecule has 0 aromatic heterocycles. The minimum absolute atomic E-state index is 0.00799. The molecular weight excluding hydrogens is 144 g/mol. The Morgan fingerprint density at radius 3 is 2.42 bits per heavy atom. The lowest BCUT2D eigenvalue weighted by molar-refractivity contribution is 0.506. The SMILES string of the molecule is [CH]=CC(C)(C=C)CCC=C(C)C. The highest BCUT2D eigenvalue weighted by Gasteiger charge is 2.13. The van der Waals surface area contributed by atoms with Crippen molar-refractivity contribution in [1.29, 1.82) is 0 Å². The number of hydrogen-bond donors (Lipinski definition) is 0. The molecule has 0 aliphatic rings. The van der Waals surface area contributed by atoms with E-state index in [0.29, 0.717) is 0 Å². The van der Waals surface area contributed by atoms with Crippen LogP contribution in [0.3, 0.4) is 0 Å². The molecule has 1 atom stereocenters. The Bertz CT molecular complexity index is 172. The first kappa shape index (κ1) is 11.2. The van der Waals surface area contributed by atoms with Crippen LogP contribution in [0.25, 0.3) is 0 Å². The molecule has 0 nitrogen and oxygen atoms in total. The van der Waals surface area contributed by atoms with Crippen molar-refractivity contribution in [2.75, 3.05) is 0 Å². The largest absolute Gasteiger partial charge is 0.102 e. The van der Waals surface area contributed by atoms with Gasteiger partial charge in [-0.2, -0.15) is 0 Å². The van der Waals surface area contributed by atoms with Crippen molar-refractivity contribution in [3.8, 4) is 0 Å². The normalized spacial score (nSPS) is 14.6. The highest BCUT2D eigenvalue weighted by Crippen LogP contribution is 2.25. The fraction of sp³-hybridized carbons (Fsp3) is 0.500. The smallest absolute Gasteiger partial charge is 0.00360 e. The van der Waals surface area contributed by atoms with E-state index < -0.39 is 0 Å². The van der Waals surface area contributed by atoms with E-state index in [9.17, 15) is 0 Å². The zero-order valence-electron chi connectivity index (χ0n) is 8.43. The molecule has 0 amide bonds. The van der Waals surface area contributed by atoms with Crippen molar-refractivity contribution >= 4 is 0 Å². The molecule has 0 spiro atoms. The fourth-order valence-electron chi connectivity index (χ4n) is 0.925. The Labute approximate surface area is 76.7 Å². The minimum atomic E-state index is -0.00799. The van der Waals surface area contributed by atoms with Gasteiger partial charge in [0.15, 0.2) is 0 Å². The van der Waals surface area contributed by atoms with Crippen LogP contribution < -0.4 is 0 Å². The van der Waals surface area contributed by atoms with E-state index in [0.717, 1.165) is 12.8 Å². The van der Waals surface area contributed by atoms with E-state index in [1.165, 1.54) is 5.57 Å². The third kappa shape index (κ3) is 4.17. The standard InChI is InChI=1S/C12H19/c1-6-12(5,7-2)10-8-9-11(3)4/h1,6-7,9H,2,8,10H2,3-5H3. The third-order valence-electron chi connectivity index (χ3n) is 2.08. The van der Waals surface area contributed by atoms with E-state index in [2.05, 4.69) is 33.4 Å². The second kappa shape index (κ2) is 4.97. The Morgan fingerprint density at radius 2 is 2.08 bits per heavy atom. The molecule has 0 saturated carbocycles. The first-order valence-electron chi connectivity index (χ1n) is 4.37. The fourth-order valence-corrected chi connectivity index (χ4v) is 0.925. The van der Waals surface area contributed by atoms with Crippen LogP contribution in [-0.4, -0.2) is 0 Å². The van der Waals surface area contributed by atoms with Gasteiger partial charge in [0.25, 0.3) is 0 Å². The summed E-state index contributed by atoms with van der Waals surface area (Å²) in [4.78, 5) is 0. The summed E-state index contributed by atoms with van der Waals surface area (Å²) in [5, 5.41) is 0. The van der Waals surface area contributed by atoms with E-state index in [1.54, 1.807) is 6.08 Å². The molecule has 0 heterocycles. The highest BCUT2D eigenvalue weighted by molar-refractivity contribution is 5.04. The molecule has 0 bridgehead atoms. The van der Waals surface area contributed by atoms with Gasteiger partial charge >= 0.3 is 0 Å². The second-order valence-corrected chi connectivity index (χ2v) is 3.70. The summed E-state index contributed by atoms with van der Waals surface area (Å²) in [6.45, 7) is 15.6. The topological polar surface area (TPSA) is 0 Å². The van der Waals surface area contributed by atoms with Gasteiger partial charge in [0.2, 0.25) is 0 Å². The number of hydrogen-bond acceptors (Lipinski definition) is 0. The van der Waals surface area contributed by atoms with Gasteiger partial charge in [-0.25, -0.2) is 0 Å². The van der Waals surface area contributed by atoms with Crippen LogP contribution in [0, 0.1) is 12.0 Å². The van der Waals surface area contributed by atoms with Gasteiger partial charge < -0.3 is 0 Å². The van der Waals surface area contributed by atoms with Crippen molar-refractivity contribution in [3.05, 3.63) is 37.0 Å². The molecule has 0 heteroatoms. The van der Waals surface area contributed by atoms with Crippen molar-refractivity contribution in [1.82, 2.24) is 0 Å². The van der Waals surface area contributed by atoms with Crippen molar-refractivity contribution in [2.45, 2.75) is 33.6 Å². The van der Waals surface area contributed by atoms with E-state index in [-0.39, 0.29) is 5.41 Å². The van der Waals surface area contributed by atoms with Crippen LogP contribution in [0.4, 0.5) is 0 Å². The molecule has 1 radical (unpaired) electrons. The Kier molecular flexibility index (Phi) is 4.65. The van der Waals surface area contributed by atoms with E-state index in [1.807, 2.05) is 6.08 Å². The summed E-state index contributed by atoms with van der Waals surface area (Å²) in [6, 6.07) is 0. The van der Waals surface area contributed by atoms with Crippen LogP contribution >= 0.6 is 0 Å². The molecule has 0 aliphatic carbocycles. The zero-order chi connectivity index (χ0) is 9.61. The summed E-state index contributed by atoms with van der Waals surface area (Å²) in [7, 11) is 0. The van der Waals surface area contributed by atoms with Gasteiger partial charge in [0, 0.05) is 5.41 Å². The van der Waals surface area contributed by atoms with Crippen LogP contribution in [0.1, 0.15) is 33.6 Å². The molecule has 1 unspecified atom stereocenters. The van der Waals surface area contributed by atoms with Crippen molar-refractivity contribution in [2.24, 2.45) is 5.41 Å². The highest BCUT2D eigenvalue weighted by atomic mass is 14.2. The first-order valence-corrected chi connectivity index (χ1v) is 4.37. The van der Waals surface area contributed by atoms with Gasteiger partial charge in [0.1, 0.15) is 0 Å². The lowest BCUT2D eigenvalue weighted by Gasteiger charge is -2.19. The van der Waals surface area contributed by atoms with Crippen LogP contribution in [-0.2, 0) is 0 Å². The predicted molar refractivity (Wildman–Crippen MR) is 55.8 cm³/mol. The predicted octanol–water partition coefficient (Wildman–Crippen LogP) is 3.91. The molecule has 0 aromatic carbocycles. The second-order valence-electron chi connectivity index (χ2n) is 3.70. The summed E-state index contributed by atoms with van der Waals surface area (Å²) in [5.74, 6) is 0. The van der Waals surface area contributed by atoms with Gasteiger partial charge in [-0.1, -0.05) is 37.3 Å². The minimum Gasteiger partial charge on any atom is -0.102 e. The lowest BCUT2D eigenvalue weighted by Crippen LogP contribution is -2.07. The lowest BCUT2D eigenvalue weighted by atomic mass is 9.86. The molecule has 0 aliphatic heterocycles. The first-order chi connectivity index (χ1) is 5.54. The summed E-state index contributed by atoms with van der Waals surface area (Å²) < 4.78 is 0. The molecule has 67 valence electrons. The monoisotopic (exact) mass is 163 g/mol. The van der Waals surface area contributed by atoms with Gasteiger partial charge in [-0.05, 0) is 26.7 Å². The molecular formula is C12H19. The molecule has 12 heavy (non-hydrogen) atoms. The van der Waals surface area contributed by atoms with Gasteiger partial charge in [-0.15, -0.1) is 6.58 Å². The Balaban J connectivity index is 3.98. The van der Waals surface area contributed by atoms with Crippen LogP contribution in [0.2, 0.25) is 0 Å². The quantitative estimate of drug-likeness (QED) is 0.539. The van der Waals surface area contributed by atoms with Gasteiger partial charge in [-0.3, -0.25) is 0 Å². The average molecular weight is 163 g/mol. The maximum atomic E-state index is 5.52. The number of rotatable bonds is 5. The zero-order valence-corrected chi connectivity index (χ0v) is 8.43. The maximum Gasteiger partial charge on any atom is 0.00360 e. The number of allylic oxidation sites excluding steroid dienone is 4. The summed E-state index contributed by atoms with van der Waals surface area (Å²) in [6.07, 6.45) is 7.96. The van der Waals surface area contributed by atoms with Gasteiger partial charge in [0.05, 0.1) is 0 Å². The Hall–Kier alpha value is -0.780.